The molecule has 60 valence electrons. The zero-order valence-electron chi connectivity index (χ0n) is 6.54. The van der Waals surface area contributed by atoms with Gasteiger partial charge in [0.15, 0.2) is 0 Å². The first-order valence-electron chi connectivity index (χ1n) is 3.44. The van der Waals surface area contributed by atoms with Gasteiger partial charge in [-0.3, -0.25) is 0 Å². The molecule has 11 heavy (non-hydrogen) atoms. The Bertz CT molecular complexity index is 233. The number of rotatable bonds is 1. The number of aryl methyl sites for hydroxylation is 1. The highest BCUT2D eigenvalue weighted by molar-refractivity contribution is 7.56. The fourth-order valence-corrected chi connectivity index (χ4v) is 1.42. The van der Waals surface area contributed by atoms with Crippen molar-refractivity contribution in [1.82, 2.24) is 0 Å². The number of hydrogen-bond acceptors (Lipinski definition) is 0. The van der Waals surface area contributed by atoms with Crippen molar-refractivity contribution in [3.63, 3.8) is 0 Å². The van der Waals surface area contributed by atoms with Crippen molar-refractivity contribution in [2.45, 2.75) is 11.6 Å². The molecule has 0 bridgehead atoms. The van der Waals surface area contributed by atoms with E-state index in [-0.39, 0.29) is 4.64 Å². The molecule has 0 amide bonds. The van der Waals surface area contributed by atoms with Crippen molar-refractivity contribution in [3.05, 3.63) is 35.4 Å². The molecule has 0 N–H and O–H groups in total. The number of hydrogen-bond donors (Lipinski definition) is 0. The first-order valence-corrected chi connectivity index (χ1v) is 5.17. The maximum absolute atomic E-state index is 2.77. The summed E-state index contributed by atoms with van der Waals surface area (Å²) in [6.07, 6.45) is 0. The molecule has 0 aliphatic rings. The minimum atomic E-state index is 0.0354. The van der Waals surface area contributed by atoms with Gasteiger partial charge in [-0.2, -0.15) is 0 Å². The summed E-state index contributed by atoms with van der Waals surface area (Å²) in [7, 11) is 8.32. The van der Waals surface area contributed by atoms with Gasteiger partial charge in [-0.1, -0.05) is 29.8 Å². The van der Waals surface area contributed by atoms with Crippen LogP contribution in [0.2, 0.25) is 0 Å². The van der Waals surface area contributed by atoms with Gasteiger partial charge in [0.05, 0.1) is 0 Å². The Hall–Kier alpha value is 0.510. The van der Waals surface area contributed by atoms with Gasteiger partial charge < -0.3 is 0 Å². The monoisotopic (exact) mass is 202 g/mol. The maximum atomic E-state index is 2.77. The van der Waals surface area contributed by atoms with E-state index >= 15 is 0 Å². The molecule has 3 unspecified atom stereocenters. The van der Waals surface area contributed by atoms with Crippen LogP contribution in [0.5, 0.6) is 0 Å². The average Bonchev–Trinajstić information content (AvgIpc) is 1.86. The molecule has 1 rings (SSSR count). The molecule has 0 aliphatic carbocycles. The second-order valence-corrected chi connectivity index (χ2v) is 7.67. The Morgan fingerprint density at radius 2 is 1.45 bits per heavy atom. The Balaban J connectivity index is 2.99. The van der Waals surface area contributed by atoms with Crippen molar-refractivity contribution in [1.29, 1.82) is 0 Å². The molecule has 1 aromatic carbocycles. The fourth-order valence-electron chi connectivity index (χ4n) is 0.842. The Morgan fingerprint density at radius 3 is 1.82 bits per heavy atom. The molecule has 0 spiro atoms. The second kappa shape index (κ2) is 3.49. The Morgan fingerprint density at radius 1 is 1.00 bits per heavy atom. The van der Waals surface area contributed by atoms with E-state index < -0.39 is 0 Å². The van der Waals surface area contributed by atoms with Crippen molar-refractivity contribution in [3.8, 4) is 0 Å². The molecular weight excluding hydrogens is 189 g/mol. The van der Waals surface area contributed by atoms with Crippen molar-refractivity contribution < 1.29 is 0 Å². The van der Waals surface area contributed by atoms with Crippen LogP contribution in [-0.4, -0.2) is 0 Å². The van der Waals surface area contributed by atoms with E-state index in [9.17, 15) is 0 Å². The lowest BCUT2D eigenvalue weighted by molar-refractivity contribution is 1.28. The van der Waals surface area contributed by atoms with E-state index in [2.05, 4.69) is 58.9 Å². The van der Waals surface area contributed by atoms with Gasteiger partial charge in [-0.15, -0.1) is 27.7 Å². The van der Waals surface area contributed by atoms with Crippen LogP contribution in [0, 0.1) is 6.92 Å². The lowest BCUT2D eigenvalue weighted by Gasteiger charge is -2.18. The third-order valence-electron chi connectivity index (χ3n) is 1.55. The normalized spacial score (nSPS) is 11.6. The molecule has 0 heterocycles. The highest BCUT2D eigenvalue weighted by Gasteiger charge is 2.12. The molecule has 0 aromatic heterocycles. The van der Waals surface area contributed by atoms with E-state index in [0.29, 0.717) is 0 Å². The third-order valence-corrected chi connectivity index (χ3v) is 2.55. The summed E-state index contributed by atoms with van der Waals surface area (Å²) in [5.41, 5.74) is 2.60. The molecule has 0 radical (unpaired) electrons. The Labute approximate surface area is 75.2 Å². The van der Waals surface area contributed by atoms with E-state index in [4.69, 9.17) is 0 Å². The van der Waals surface area contributed by atoms with Gasteiger partial charge in [-0.05, 0) is 12.5 Å². The van der Waals surface area contributed by atoms with Crippen LogP contribution < -0.4 is 0 Å². The summed E-state index contributed by atoms with van der Waals surface area (Å²) in [6, 6.07) is 8.54. The van der Waals surface area contributed by atoms with Gasteiger partial charge >= 0.3 is 0 Å². The van der Waals surface area contributed by atoms with Gasteiger partial charge in [0.25, 0.3) is 0 Å². The smallest absolute Gasteiger partial charge is 0.0374 e. The predicted octanol–water partition coefficient (Wildman–Crippen LogP) is 2.73. The average molecular weight is 202 g/mol. The van der Waals surface area contributed by atoms with E-state index in [0.717, 1.165) is 0 Å². The zero-order valence-corrected chi connectivity index (χ0v) is 10.0. The van der Waals surface area contributed by atoms with Crippen molar-refractivity contribution in [2.24, 2.45) is 0 Å². The topological polar surface area (TPSA) is 0 Å². The molecular formula is C8H13P3. The van der Waals surface area contributed by atoms with E-state index in [1.807, 2.05) is 0 Å². The minimum absolute atomic E-state index is 0.0354. The largest absolute Gasteiger partial charge is 0.118 e. The van der Waals surface area contributed by atoms with Gasteiger partial charge in [0.2, 0.25) is 0 Å². The molecule has 1 aromatic rings. The summed E-state index contributed by atoms with van der Waals surface area (Å²) in [5.74, 6) is 0. The molecule has 0 aliphatic heterocycles. The SMILES string of the molecule is Cc1ccc(C(P)(P)P)cc1. The summed E-state index contributed by atoms with van der Waals surface area (Å²) in [6.45, 7) is 2.10. The summed E-state index contributed by atoms with van der Waals surface area (Å²) in [5, 5.41) is 0. The third kappa shape index (κ3) is 2.79. The second-order valence-electron chi connectivity index (χ2n) is 2.80. The van der Waals surface area contributed by atoms with Crippen LogP contribution in [0.4, 0.5) is 0 Å². The van der Waals surface area contributed by atoms with Gasteiger partial charge in [0.1, 0.15) is 0 Å². The molecule has 0 saturated carbocycles. The van der Waals surface area contributed by atoms with Crippen LogP contribution in [0.3, 0.4) is 0 Å². The van der Waals surface area contributed by atoms with E-state index in [1.54, 1.807) is 0 Å². The summed E-state index contributed by atoms with van der Waals surface area (Å²) >= 11 is 0. The molecule has 3 atom stereocenters. The Kier molecular flexibility index (Phi) is 3.04. The van der Waals surface area contributed by atoms with Gasteiger partial charge in [-0.25, -0.2) is 0 Å². The zero-order chi connectivity index (χ0) is 8.48. The van der Waals surface area contributed by atoms with Crippen LogP contribution in [0.25, 0.3) is 0 Å². The summed E-state index contributed by atoms with van der Waals surface area (Å²) < 4.78 is 0.0354. The standard InChI is InChI=1S/C8H13P3/c1-6-2-4-7(5-3-6)8(9,10)11/h2-5H,9-11H2,1H3. The lowest BCUT2D eigenvalue weighted by Crippen LogP contribution is -1.96. The highest BCUT2D eigenvalue weighted by Crippen LogP contribution is 2.44. The molecule has 0 saturated heterocycles. The molecule has 0 fully saturated rings. The first-order chi connectivity index (χ1) is 5.00. The quantitative estimate of drug-likeness (QED) is 0.614. The predicted molar refractivity (Wildman–Crippen MR) is 62.0 cm³/mol. The lowest BCUT2D eigenvalue weighted by atomic mass is 10.2. The van der Waals surface area contributed by atoms with Crippen molar-refractivity contribution in [2.75, 3.05) is 0 Å². The van der Waals surface area contributed by atoms with Crippen LogP contribution in [-0.2, 0) is 4.64 Å². The molecule has 3 heteroatoms. The number of benzene rings is 1. The van der Waals surface area contributed by atoms with Crippen molar-refractivity contribution >= 4 is 27.7 Å². The van der Waals surface area contributed by atoms with Crippen LogP contribution in [0.15, 0.2) is 24.3 Å². The first kappa shape index (κ1) is 9.60. The van der Waals surface area contributed by atoms with Gasteiger partial charge in [0, 0.05) is 4.64 Å². The van der Waals surface area contributed by atoms with Crippen LogP contribution in [0.1, 0.15) is 11.1 Å². The molecule has 0 nitrogen and oxygen atoms in total. The highest BCUT2D eigenvalue weighted by atomic mass is 31.1. The summed E-state index contributed by atoms with van der Waals surface area (Å²) in [4.78, 5) is 0. The fraction of sp³-hybridized carbons (Fsp3) is 0.250. The maximum Gasteiger partial charge on any atom is 0.0374 e. The minimum Gasteiger partial charge on any atom is -0.118 e. The van der Waals surface area contributed by atoms with Crippen LogP contribution >= 0.6 is 27.7 Å². The van der Waals surface area contributed by atoms with E-state index in [1.165, 1.54) is 11.1 Å².